The van der Waals surface area contributed by atoms with Crippen molar-refractivity contribution in [3.05, 3.63) is 109 Å². The van der Waals surface area contributed by atoms with Gasteiger partial charge in [-0.1, -0.05) is 142 Å². The van der Waals surface area contributed by atoms with Crippen molar-refractivity contribution < 1.29 is 73.8 Å². The molecule has 2 heterocycles. The average Bonchev–Trinajstić information content (AvgIpc) is 3.34. The SMILES string of the molecule is CC/C=C/C=C/C=C/CCCCCCCC(=O)OC(COC(=O)CCC/C=C/C/C=C/C/C=C/C/C=C/C/C=C/C/C=C/CC)CO[C@@H]1O[C@H](CO[C@@H]2O[C@H](CO)[C@H](O)C(O)C2O)[C@H](O)C(O)C1O. The third-order valence-electron chi connectivity index (χ3n) is 11.1. The molecule has 0 aliphatic carbocycles. The Morgan fingerprint density at radius 2 is 0.957 bits per heavy atom. The fourth-order valence-corrected chi connectivity index (χ4v) is 6.99. The molecule has 2 saturated heterocycles. The van der Waals surface area contributed by atoms with Gasteiger partial charge in [0.2, 0.25) is 0 Å². The molecular formula is C54H84O15. The van der Waals surface area contributed by atoms with E-state index in [0.717, 1.165) is 77.0 Å². The Balaban J connectivity index is 1.85. The lowest BCUT2D eigenvalue weighted by atomic mass is 9.98. The van der Waals surface area contributed by atoms with Gasteiger partial charge in [-0.2, -0.15) is 0 Å². The number of hydrogen-bond donors (Lipinski definition) is 7. The summed E-state index contributed by atoms with van der Waals surface area (Å²) in [7, 11) is 0. The highest BCUT2D eigenvalue weighted by molar-refractivity contribution is 5.70. The van der Waals surface area contributed by atoms with Gasteiger partial charge < -0.3 is 64.2 Å². The summed E-state index contributed by atoms with van der Waals surface area (Å²) in [4.78, 5) is 25.7. The zero-order valence-corrected chi connectivity index (χ0v) is 41.0. The van der Waals surface area contributed by atoms with E-state index >= 15 is 0 Å². The summed E-state index contributed by atoms with van der Waals surface area (Å²) in [6.07, 6.45) is 34.1. The van der Waals surface area contributed by atoms with Crippen LogP contribution in [0.1, 0.15) is 123 Å². The van der Waals surface area contributed by atoms with Crippen molar-refractivity contribution in [2.45, 2.75) is 191 Å². The summed E-state index contributed by atoms with van der Waals surface area (Å²) < 4.78 is 33.4. The topological polar surface area (TPSA) is 231 Å². The third-order valence-corrected chi connectivity index (χ3v) is 11.1. The number of aliphatic hydroxyl groups excluding tert-OH is 7. The van der Waals surface area contributed by atoms with Crippen LogP contribution in [-0.4, -0.2) is 142 Å². The summed E-state index contributed by atoms with van der Waals surface area (Å²) in [5.41, 5.74) is 0. The molecule has 0 amide bonds. The molecular weight excluding hydrogens is 889 g/mol. The molecule has 2 rings (SSSR count). The maximum Gasteiger partial charge on any atom is 0.306 e. The largest absolute Gasteiger partial charge is 0.462 e. The molecule has 0 aromatic rings. The summed E-state index contributed by atoms with van der Waals surface area (Å²) in [5, 5.41) is 72.0. The van der Waals surface area contributed by atoms with Crippen LogP contribution in [0.2, 0.25) is 0 Å². The van der Waals surface area contributed by atoms with E-state index in [0.29, 0.717) is 19.3 Å². The summed E-state index contributed by atoms with van der Waals surface area (Å²) in [6, 6.07) is 0. The van der Waals surface area contributed by atoms with Crippen molar-refractivity contribution in [1.29, 1.82) is 0 Å². The third kappa shape index (κ3) is 28.0. The van der Waals surface area contributed by atoms with E-state index in [4.69, 9.17) is 28.4 Å². The van der Waals surface area contributed by atoms with Crippen LogP contribution in [0.4, 0.5) is 0 Å². The summed E-state index contributed by atoms with van der Waals surface area (Å²) in [5.74, 6) is -1.03. The predicted molar refractivity (Wildman–Crippen MR) is 265 cm³/mol. The summed E-state index contributed by atoms with van der Waals surface area (Å²) >= 11 is 0. The molecule has 69 heavy (non-hydrogen) atoms. The minimum atomic E-state index is -1.78. The van der Waals surface area contributed by atoms with E-state index in [2.05, 4.69) is 86.8 Å². The molecule has 390 valence electrons. The average molecular weight is 973 g/mol. The number of hydrogen-bond acceptors (Lipinski definition) is 15. The molecule has 15 heteroatoms. The zero-order chi connectivity index (χ0) is 50.3. The minimum absolute atomic E-state index is 0.122. The minimum Gasteiger partial charge on any atom is -0.462 e. The monoisotopic (exact) mass is 973 g/mol. The highest BCUT2D eigenvalue weighted by Crippen LogP contribution is 2.26. The number of esters is 2. The lowest BCUT2D eigenvalue weighted by Crippen LogP contribution is -2.61. The van der Waals surface area contributed by atoms with Crippen molar-refractivity contribution in [2.75, 3.05) is 26.4 Å². The molecule has 11 atom stereocenters. The van der Waals surface area contributed by atoms with Gasteiger partial charge in [0.05, 0.1) is 19.8 Å². The quantitative estimate of drug-likeness (QED) is 0.0149. The van der Waals surface area contributed by atoms with Crippen LogP contribution >= 0.6 is 0 Å². The number of carbonyl (C=O) groups is 2. The van der Waals surface area contributed by atoms with Gasteiger partial charge in [0.15, 0.2) is 18.7 Å². The Kier molecular flexibility index (Phi) is 35.4. The Hall–Kier alpha value is -3.84. The second kappa shape index (κ2) is 39.8. The highest BCUT2D eigenvalue weighted by atomic mass is 16.7. The van der Waals surface area contributed by atoms with Crippen LogP contribution < -0.4 is 0 Å². The molecule has 15 nitrogen and oxygen atoms in total. The first-order valence-corrected chi connectivity index (χ1v) is 25.0. The normalized spacial score (nSPS) is 26.5. The van der Waals surface area contributed by atoms with E-state index in [1.807, 2.05) is 36.5 Å². The van der Waals surface area contributed by atoms with Crippen molar-refractivity contribution >= 4 is 11.9 Å². The summed E-state index contributed by atoms with van der Waals surface area (Å²) in [6.45, 7) is 2.22. The fourth-order valence-electron chi connectivity index (χ4n) is 6.99. The number of carbonyl (C=O) groups excluding carboxylic acids is 2. The number of unbranched alkanes of at least 4 members (excludes halogenated alkanes) is 6. The zero-order valence-electron chi connectivity index (χ0n) is 41.0. The molecule has 0 aromatic carbocycles. The van der Waals surface area contributed by atoms with Crippen molar-refractivity contribution in [2.24, 2.45) is 0 Å². The molecule has 0 saturated carbocycles. The van der Waals surface area contributed by atoms with Crippen LogP contribution in [-0.2, 0) is 38.0 Å². The molecule has 0 radical (unpaired) electrons. The Morgan fingerprint density at radius 3 is 1.55 bits per heavy atom. The molecule has 0 bridgehead atoms. The van der Waals surface area contributed by atoms with E-state index in [-0.39, 0.29) is 19.4 Å². The van der Waals surface area contributed by atoms with Gasteiger partial charge >= 0.3 is 11.9 Å². The number of allylic oxidation sites excluding steroid dienone is 18. The molecule has 2 aliphatic heterocycles. The molecule has 0 spiro atoms. The highest BCUT2D eigenvalue weighted by Gasteiger charge is 2.47. The van der Waals surface area contributed by atoms with Crippen LogP contribution in [0.5, 0.6) is 0 Å². The van der Waals surface area contributed by atoms with E-state index < -0.39 is 99.3 Å². The van der Waals surface area contributed by atoms with Gasteiger partial charge in [-0.15, -0.1) is 0 Å². The maximum absolute atomic E-state index is 13.0. The van der Waals surface area contributed by atoms with Gasteiger partial charge in [-0.3, -0.25) is 9.59 Å². The van der Waals surface area contributed by atoms with Crippen LogP contribution in [0.25, 0.3) is 0 Å². The number of ether oxygens (including phenoxy) is 6. The molecule has 5 unspecified atom stereocenters. The van der Waals surface area contributed by atoms with Crippen LogP contribution in [0.15, 0.2) is 109 Å². The molecule has 0 aromatic heterocycles. The number of aliphatic hydroxyl groups is 7. The fraction of sp³-hybridized carbons (Fsp3) is 0.630. The van der Waals surface area contributed by atoms with Crippen LogP contribution in [0, 0.1) is 0 Å². The maximum atomic E-state index is 13.0. The van der Waals surface area contributed by atoms with Gasteiger partial charge in [0.25, 0.3) is 0 Å². The Bertz CT molecular complexity index is 1610. The van der Waals surface area contributed by atoms with Gasteiger partial charge in [-0.25, -0.2) is 0 Å². The van der Waals surface area contributed by atoms with E-state index in [1.54, 1.807) is 0 Å². The number of rotatable bonds is 36. The first kappa shape index (κ1) is 61.3. The Labute approximate surface area is 410 Å². The van der Waals surface area contributed by atoms with Crippen molar-refractivity contribution in [1.82, 2.24) is 0 Å². The smallest absolute Gasteiger partial charge is 0.306 e. The van der Waals surface area contributed by atoms with Gasteiger partial charge in [0, 0.05) is 12.8 Å². The second-order valence-electron chi connectivity index (χ2n) is 16.9. The van der Waals surface area contributed by atoms with Gasteiger partial charge in [-0.05, 0) is 77.0 Å². The first-order chi connectivity index (χ1) is 33.5. The molecule has 2 fully saturated rings. The van der Waals surface area contributed by atoms with E-state index in [1.165, 1.54) is 0 Å². The van der Waals surface area contributed by atoms with E-state index in [9.17, 15) is 45.3 Å². The lowest BCUT2D eigenvalue weighted by Gasteiger charge is -2.42. The van der Waals surface area contributed by atoms with Crippen molar-refractivity contribution in [3.8, 4) is 0 Å². The standard InChI is InChI=1S/C54H84O15/c1-3-5-7-9-11-13-15-17-18-19-20-21-22-23-25-26-28-30-32-34-36-45(56)64-39-42(67-46(57)37-35-33-31-29-27-24-16-14-12-10-8-6-4-2)40-65-53-52(63)50(61)48(59)44(69-53)41-66-54-51(62)49(60)47(58)43(38-55)68-54/h5-8,10-14,16-18,20-21,23,25,28,30,42-44,47-55,58-63H,3-4,9,15,19,22,24,26-27,29,31-41H2,1-2H3/b7-5+,8-6+,12-10+,13-11+,16-14+,18-17+,21-20+,25-23+,30-28+/t42?,43-,44-,47+,48+,49?,50?,51?,52?,53-,54-/m1/s1. The predicted octanol–water partition coefficient (Wildman–Crippen LogP) is 6.76. The second-order valence-corrected chi connectivity index (χ2v) is 16.9. The van der Waals surface area contributed by atoms with Gasteiger partial charge in [0.1, 0.15) is 55.4 Å². The molecule has 7 N–H and O–H groups in total. The Morgan fingerprint density at radius 1 is 0.478 bits per heavy atom. The van der Waals surface area contributed by atoms with Crippen LogP contribution in [0.3, 0.4) is 0 Å². The lowest BCUT2D eigenvalue weighted by molar-refractivity contribution is -0.332. The van der Waals surface area contributed by atoms with Crippen molar-refractivity contribution in [3.63, 3.8) is 0 Å². The molecule has 2 aliphatic rings. The first-order valence-electron chi connectivity index (χ1n) is 25.0.